The first-order valence-corrected chi connectivity index (χ1v) is 8.18. The van der Waals surface area contributed by atoms with Crippen molar-refractivity contribution in [1.29, 1.82) is 0 Å². The molecule has 0 aromatic heterocycles. The molecule has 3 nitrogen and oxygen atoms in total. The summed E-state index contributed by atoms with van der Waals surface area (Å²) in [6.07, 6.45) is 12.6. The molecule has 1 aliphatic carbocycles. The van der Waals surface area contributed by atoms with Crippen LogP contribution in [0.2, 0.25) is 0 Å². The van der Waals surface area contributed by atoms with E-state index in [0.29, 0.717) is 12.3 Å². The van der Waals surface area contributed by atoms with Crippen LogP contribution in [0.4, 0.5) is 0 Å². The zero-order valence-corrected chi connectivity index (χ0v) is 11.4. The number of sulfonamides is 1. The van der Waals surface area contributed by atoms with Gasteiger partial charge >= 0.3 is 0 Å². The summed E-state index contributed by atoms with van der Waals surface area (Å²) in [5.74, 6) is 3.07. The topological polar surface area (TPSA) is 46.2 Å². The van der Waals surface area contributed by atoms with Crippen LogP contribution in [0.3, 0.4) is 0 Å². The van der Waals surface area contributed by atoms with Crippen LogP contribution in [0.5, 0.6) is 0 Å². The smallest absolute Gasteiger partial charge is 0.212 e. The van der Waals surface area contributed by atoms with E-state index in [4.69, 9.17) is 6.42 Å². The fourth-order valence-corrected chi connectivity index (χ4v) is 4.06. The molecule has 17 heavy (non-hydrogen) atoms. The van der Waals surface area contributed by atoms with Crippen molar-refractivity contribution >= 4 is 10.0 Å². The molecule has 1 aliphatic rings. The van der Waals surface area contributed by atoms with Crippen LogP contribution < -0.4 is 4.72 Å². The van der Waals surface area contributed by atoms with Crippen LogP contribution >= 0.6 is 0 Å². The molecular weight excluding hydrogens is 234 g/mol. The molecule has 1 saturated carbocycles. The highest BCUT2D eigenvalue weighted by Gasteiger charge is 2.22. The molecule has 1 fully saturated rings. The molecule has 1 unspecified atom stereocenters. The van der Waals surface area contributed by atoms with E-state index >= 15 is 0 Å². The van der Waals surface area contributed by atoms with Gasteiger partial charge in [-0.25, -0.2) is 13.1 Å². The minimum Gasteiger partial charge on any atom is -0.212 e. The molecule has 0 heterocycles. The van der Waals surface area contributed by atoms with E-state index in [2.05, 4.69) is 10.6 Å². The lowest BCUT2D eigenvalue weighted by Gasteiger charge is -2.22. The van der Waals surface area contributed by atoms with Gasteiger partial charge in [0, 0.05) is 0 Å². The lowest BCUT2D eigenvalue weighted by molar-refractivity contribution is 0.383. The van der Waals surface area contributed by atoms with Gasteiger partial charge < -0.3 is 0 Å². The van der Waals surface area contributed by atoms with E-state index in [1.807, 2.05) is 6.92 Å². The van der Waals surface area contributed by atoms with Crippen LogP contribution in [0.15, 0.2) is 0 Å². The fourth-order valence-electron chi connectivity index (χ4n) is 2.39. The minimum absolute atomic E-state index is 0.245. The highest BCUT2D eigenvalue weighted by atomic mass is 32.2. The standard InChI is InChI=1S/C13H23NO2S/c1-3-8-13(4-2)14-17(15,16)11-12-9-6-5-7-10-12/h2,12-14H,3,5-11H2,1H3. The maximum atomic E-state index is 11.9. The molecular formula is C13H23NO2S. The van der Waals surface area contributed by atoms with E-state index in [1.54, 1.807) is 0 Å². The van der Waals surface area contributed by atoms with Crippen molar-refractivity contribution in [2.75, 3.05) is 5.75 Å². The predicted molar refractivity (Wildman–Crippen MR) is 71.0 cm³/mol. The predicted octanol–water partition coefficient (Wildman–Crippen LogP) is 2.29. The quantitative estimate of drug-likeness (QED) is 0.742. The lowest BCUT2D eigenvalue weighted by atomic mass is 9.91. The third-order valence-electron chi connectivity index (χ3n) is 3.28. The van der Waals surface area contributed by atoms with Crippen molar-refractivity contribution in [3.8, 4) is 12.3 Å². The monoisotopic (exact) mass is 257 g/mol. The highest BCUT2D eigenvalue weighted by molar-refractivity contribution is 7.89. The molecule has 0 aromatic rings. The number of rotatable bonds is 6. The average Bonchev–Trinajstić information content (AvgIpc) is 2.29. The van der Waals surface area contributed by atoms with E-state index in [0.717, 1.165) is 32.1 Å². The summed E-state index contributed by atoms with van der Waals surface area (Å²) in [4.78, 5) is 0. The summed E-state index contributed by atoms with van der Waals surface area (Å²) in [5.41, 5.74) is 0. The third-order valence-corrected chi connectivity index (χ3v) is 4.83. The minimum atomic E-state index is -3.21. The third kappa shape index (κ3) is 5.56. The maximum Gasteiger partial charge on any atom is 0.212 e. The van der Waals surface area contributed by atoms with Gasteiger partial charge in [-0.3, -0.25) is 0 Å². The van der Waals surface area contributed by atoms with E-state index in [-0.39, 0.29) is 11.8 Å². The fraction of sp³-hybridized carbons (Fsp3) is 0.846. The van der Waals surface area contributed by atoms with Crippen molar-refractivity contribution in [3.63, 3.8) is 0 Å². The van der Waals surface area contributed by atoms with Crippen molar-refractivity contribution in [3.05, 3.63) is 0 Å². The second-order valence-corrected chi connectivity index (χ2v) is 6.71. The van der Waals surface area contributed by atoms with Gasteiger partial charge in [0.2, 0.25) is 10.0 Å². The van der Waals surface area contributed by atoms with Gasteiger partial charge in [0.1, 0.15) is 0 Å². The van der Waals surface area contributed by atoms with Crippen LogP contribution in [0.25, 0.3) is 0 Å². The van der Waals surface area contributed by atoms with Gasteiger partial charge in [-0.05, 0) is 25.2 Å². The summed E-state index contributed by atoms with van der Waals surface area (Å²) >= 11 is 0. The Labute approximate surface area is 105 Å². The molecule has 1 N–H and O–H groups in total. The van der Waals surface area contributed by atoms with Gasteiger partial charge in [0.15, 0.2) is 0 Å². The summed E-state index contributed by atoms with van der Waals surface area (Å²) in [6, 6.07) is -0.339. The average molecular weight is 257 g/mol. The Kier molecular flexibility index (Phi) is 6.01. The molecule has 0 amide bonds. The zero-order valence-electron chi connectivity index (χ0n) is 10.6. The molecule has 0 aromatic carbocycles. The van der Waals surface area contributed by atoms with Gasteiger partial charge in [-0.1, -0.05) is 38.5 Å². The summed E-state index contributed by atoms with van der Waals surface area (Å²) in [6.45, 7) is 2.00. The summed E-state index contributed by atoms with van der Waals surface area (Å²) < 4.78 is 26.5. The Morgan fingerprint density at radius 2 is 2.00 bits per heavy atom. The molecule has 1 rings (SSSR count). The van der Waals surface area contributed by atoms with E-state index in [9.17, 15) is 8.42 Å². The second-order valence-electron chi connectivity index (χ2n) is 4.91. The van der Waals surface area contributed by atoms with Gasteiger partial charge in [-0.15, -0.1) is 6.42 Å². The van der Waals surface area contributed by atoms with Crippen LogP contribution in [0, 0.1) is 18.3 Å². The molecule has 0 bridgehead atoms. The van der Waals surface area contributed by atoms with Crippen LogP contribution in [0.1, 0.15) is 51.9 Å². The largest absolute Gasteiger partial charge is 0.212 e. The van der Waals surface area contributed by atoms with Gasteiger partial charge in [-0.2, -0.15) is 0 Å². The Balaban J connectivity index is 2.47. The van der Waals surface area contributed by atoms with Crippen LogP contribution in [-0.2, 0) is 10.0 Å². The van der Waals surface area contributed by atoms with E-state index < -0.39 is 10.0 Å². The van der Waals surface area contributed by atoms with E-state index in [1.165, 1.54) is 6.42 Å². The number of hydrogen-bond acceptors (Lipinski definition) is 2. The normalized spacial score (nSPS) is 19.8. The first kappa shape index (κ1) is 14.5. The number of hydrogen-bond donors (Lipinski definition) is 1. The first-order chi connectivity index (χ1) is 8.07. The van der Waals surface area contributed by atoms with Gasteiger partial charge in [0.05, 0.1) is 11.8 Å². The Hall–Kier alpha value is -0.530. The molecule has 0 saturated heterocycles. The molecule has 4 heteroatoms. The summed E-state index contributed by atoms with van der Waals surface area (Å²) in [7, 11) is -3.21. The van der Waals surface area contributed by atoms with Crippen molar-refractivity contribution in [1.82, 2.24) is 4.72 Å². The number of terminal acetylenes is 1. The molecule has 0 radical (unpaired) electrons. The highest BCUT2D eigenvalue weighted by Crippen LogP contribution is 2.24. The lowest BCUT2D eigenvalue weighted by Crippen LogP contribution is -2.37. The molecule has 0 aliphatic heterocycles. The maximum absolute atomic E-state index is 11.9. The van der Waals surface area contributed by atoms with Crippen LogP contribution in [-0.4, -0.2) is 20.2 Å². The second kappa shape index (κ2) is 7.03. The zero-order chi connectivity index (χ0) is 12.7. The Morgan fingerprint density at radius 3 is 2.53 bits per heavy atom. The molecule has 1 atom stereocenters. The Bertz CT molecular complexity index is 350. The first-order valence-electron chi connectivity index (χ1n) is 6.53. The molecule has 98 valence electrons. The SMILES string of the molecule is C#CC(CCC)NS(=O)(=O)CC1CCCCC1. The number of nitrogens with one attached hydrogen (secondary N) is 1. The van der Waals surface area contributed by atoms with Crippen molar-refractivity contribution in [2.24, 2.45) is 5.92 Å². The van der Waals surface area contributed by atoms with Crippen molar-refractivity contribution in [2.45, 2.75) is 57.9 Å². The van der Waals surface area contributed by atoms with Gasteiger partial charge in [0.25, 0.3) is 0 Å². The summed E-state index contributed by atoms with van der Waals surface area (Å²) in [5, 5.41) is 0. The Morgan fingerprint density at radius 1 is 1.35 bits per heavy atom. The molecule has 0 spiro atoms. The van der Waals surface area contributed by atoms with Crippen molar-refractivity contribution < 1.29 is 8.42 Å².